The smallest absolute Gasteiger partial charge is 0.167 e. The number of rotatable bonds is 7. The number of hydrogen-bond acceptors (Lipinski definition) is 5. The van der Waals surface area contributed by atoms with E-state index in [0.717, 1.165) is 38.0 Å². The molecule has 0 saturated carbocycles. The predicted molar refractivity (Wildman–Crippen MR) is 117 cm³/mol. The van der Waals surface area contributed by atoms with E-state index < -0.39 is 0 Å². The topological polar surface area (TPSA) is 59.0 Å². The van der Waals surface area contributed by atoms with Crippen molar-refractivity contribution in [3.05, 3.63) is 59.2 Å². The summed E-state index contributed by atoms with van der Waals surface area (Å²) in [5.41, 5.74) is 2.83. The molecule has 30 heavy (non-hydrogen) atoms. The minimum atomic E-state index is -0.0135. The molecule has 1 N–H and O–H groups in total. The molecule has 1 heterocycles. The van der Waals surface area contributed by atoms with Crippen LogP contribution in [0.2, 0.25) is 0 Å². The number of carbonyl (C=O) groups excluding carboxylic acids is 1. The highest BCUT2D eigenvalue weighted by Gasteiger charge is 2.27. The number of ether oxygens (including phenoxy) is 2. The van der Waals surface area contributed by atoms with Crippen molar-refractivity contribution in [2.24, 2.45) is 5.92 Å². The Kier molecular flexibility index (Phi) is 7.89. The summed E-state index contributed by atoms with van der Waals surface area (Å²) in [7, 11) is 3.17. The Bertz CT molecular complexity index is 911. The molecule has 0 amide bonds. The van der Waals surface area contributed by atoms with Gasteiger partial charge in [-0.15, -0.1) is 0 Å². The van der Waals surface area contributed by atoms with Crippen LogP contribution in [0.1, 0.15) is 40.7 Å². The Labute approximate surface area is 178 Å². The number of benzene rings is 2. The molecule has 2 aromatic rings. The summed E-state index contributed by atoms with van der Waals surface area (Å²) in [6.45, 7) is 2.66. The number of Topliss-reactive ketones (excluding diaryl/α,β-unsaturated/α-hetero) is 1. The van der Waals surface area contributed by atoms with E-state index in [1.807, 2.05) is 18.2 Å². The third-order valence-corrected chi connectivity index (χ3v) is 5.37. The molecule has 0 aliphatic carbocycles. The third-order valence-electron chi connectivity index (χ3n) is 5.37. The molecule has 0 radical (unpaired) electrons. The molecule has 158 valence electrons. The first-order chi connectivity index (χ1) is 14.6. The van der Waals surface area contributed by atoms with Crippen molar-refractivity contribution in [3.63, 3.8) is 0 Å². The van der Waals surface area contributed by atoms with Crippen LogP contribution in [0.25, 0.3) is 0 Å². The van der Waals surface area contributed by atoms with Gasteiger partial charge in [0.25, 0.3) is 0 Å². The van der Waals surface area contributed by atoms with Crippen LogP contribution < -0.4 is 9.47 Å². The predicted octanol–water partition coefficient (Wildman–Crippen LogP) is 3.53. The third kappa shape index (κ3) is 5.63. The minimum Gasteiger partial charge on any atom is -0.493 e. The Morgan fingerprint density at radius 3 is 2.60 bits per heavy atom. The molecule has 1 atom stereocenters. The highest BCUT2D eigenvalue weighted by Crippen LogP contribution is 2.30. The van der Waals surface area contributed by atoms with E-state index >= 15 is 0 Å². The Hall–Kier alpha value is -2.81. The highest BCUT2D eigenvalue weighted by molar-refractivity contribution is 5.98. The zero-order valence-electron chi connectivity index (χ0n) is 17.7. The van der Waals surface area contributed by atoms with Gasteiger partial charge in [-0.05, 0) is 55.3 Å². The number of methoxy groups -OCH3 is 2. The van der Waals surface area contributed by atoms with E-state index in [9.17, 15) is 4.79 Å². The summed E-state index contributed by atoms with van der Waals surface area (Å²) in [5.74, 6) is 7.34. The molecule has 0 aromatic heterocycles. The van der Waals surface area contributed by atoms with Crippen molar-refractivity contribution >= 4 is 5.78 Å². The molecule has 3 rings (SSSR count). The van der Waals surface area contributed by atoms with Gasteiger partial charge in [0.2, 0.25) is 0 Å². The number of ketones is 1. The maximum Gasteiger partial charge on any atom is 0.167 e. The lowest BCUT2D eigenvalue weighted by Gasteiger charge is -2.32. The van der Waals surface area contributed by atoms with Gasteiger partial charge in [-0.2, -0.15) is 0 Å². The van der Waals surface area contributed by atoms with E-state index in [0.29, 0.717) is 23.5 Å². The van der Waals surface area contributed by atoms with Gasteiger partial charge in [0.05, 0.1) is 20.8 Å². The number of nitrogens with zero attached hydrogens (tertiary/aromatic N) is 1. The quantitative estimate of drug-likeness (QED) is 0.562. The van der Waals surface area contributed by atoms with Gasteiger partial charge in [-0.1, -0.05) is 24.0 Å². The van der Waals surface area contributed by atoms with E-state index in [2.05, 4.69) is 28.9 Å². The molecule has 1 aliphatic rings. The van der Waals surface area contributed by atoms with E-state index in [1.54, 1.807) is 26.4 Å². The molecule has 2 aromatic carbocycles. The number of piperidine rings is 1. The van der Waals surface area contributed by atoms with Crippen molar-refractivity contribution in [2.75, 3.05) is 33.9 Å². The lowest BCUT2D eigenvalue weighted by Crippen LogP contribution is -2.38. The van der Waals surface area contributed by atoms with Crippen molar-refractivity contribution in [3.8, 4) is 23.3 Å². The lowest BCUT2D eigenvalue weighted by molar-refractivity contribution is 0.0811. The molecule has 0 spiro atoms. The van der Waals surface area contributed by atoms with E-state index in [-0.39, 0.29) is 18.3 Å². The van der Waals surface area contributed by atoms with Crippen LogP contribution in [0.4, 0.5) is 0 Å². The normalized spacial score (nSPS) is 16.4. The number of carbonyl (C=O) groups is 1. The van der Waals surface area contributed by atoms with Crippen LogP contribution in [0.5, 0.6) is 11.5 Å². The zero-order valence-corrected chi connectivity index (χ0v) is 17.7. The molecule has 1 aliphatic heterocycles. The van der Waals surface area contributed by atoms with Gasteiger partial charge in [0, 0.05) is 36.6 Å². The summed E-state index contributed by atoms with van der Waals surface area (Å²) in [6.07, 6.45) is 2.41. The molecule has 1 fully saturated rings. The lowest BCUT2D eigenvalue weighted by atomic mass is 9.89. The molecular weight excluding hydrogens is 378 g/mol. The largest absolute Gasteiger partial charge is 0.493 e. The maximum atomic E-state index is 13.1. The first-order valence-corrected chi connectivity index (χ1v) is 10.3. The van der Waals surface area contributed by atoms with Crippen molar-refractivity contribution in [1.29, 1.82) is 0 Å². The van der Waals surface area contributed by atoms with E-state index in [4.69, 9.17) is 14.6 Å². The van der Waals surface area contributed by atoms with Crippen LogP contribution in [-0.4, -0.2) is 49.7 Å². The molecule has 5 heteroatoms. The van der Waals surface area contributed by atoms with Crippen LogP contribution in [0.3, 0.4) is 0 Å². The molecule has 0 unspecified atom stereocenters. The summed E-state index contributed by atoms with van der Waals surface area (Å²) in [5, 5.41) is 8.81. The summed E-state index contributed by atoms with van der Waals surface area (Å²) < 4.78 is 10.6. The van der Waals surface area contributed by atoms with Crippen LogP contribution in [-0.2, 0) is 6.54 Å². The monoisotopic (exact) mass is 407 g/mol. The fourth-order valence-corrected chi connectivity index (χ4v) is 3.81. The standard InChI is InChI=1S/C25H29NO4/c1-29-23-13-12-21(16-24(23)30-2)25(28)22-7-5-14-26(18-22)17-20-10-8-19(9-11-20)6-3-4-15-27/h8-13,16,22,27H,4-5,7,14-15,17-18H2,1-2H3/t22-/m1/s1. The summed E-state index contributed by atoms with van der Waals surface area (Å²) in [4.78, 5) is 15.4. The second kappa shape index (κ2) is 10.8. The van der Waals surface area contributed by atoms with Gasteiger partial charge in [0.1, 0.15) is 0 Å². The average molecular weight is 408 g/mol. The number of hydrogen-bond donors (Lipinski definition) is 1. The Balaban J connectivity index is 1.62. The van der Waals surface area contributed by atoms with Crippen molar-refractivity contribution in [2.45, 2.75) is 25.8 Å². The van der Waals surface area contributed by atoms with Gasteiger partial charge in [0.15, 0.2) is 17.3 Å². The van der Waals surface area contributed by atoms with Gasteiger partial charge >= 0.3 is 0 Å². The average Bonchev–Trinajstić information content (AvgIpc) is 2.79. The highest BCUT2D eigenvalue weighted by atomic mass is 16.5. The maximum absolute atomic E-state index is 13.1. The Morgan fingerprint density at radius 2 is 1.90 bits per heavy atom. The number of aliphatic hydroxyl groups is 1. The molecular formula is C25H29NO4. The SMILES string of the molecule is COc1ccc(C(=O)[C@@H]2CCCN(Cc3ccc(C#CCCO)cc3)C2)cc1OC. The fourth-order valence-electron chi connectivity index (χ4n) is 3.81. The first kappa shape index (κ1) is 21.9. The number of aliphatic hydroxyl groups excluding tert-OH is 1. The molecule has 0 bridgehead atoms. The number of likely N-dealkylation sites (tertiary alicyclic amines) is 1. The van der Waals surface area contributed by atoms with Crippen LogP contribution >= 0.6 is 0 Å². The van der Waals surface area contributed by atoms with Gasteiger partial charge < -0.3 is 14.6 Å². The van der Waals surface area contributed by atoms with Gasteiger partial charge in [-0.25, -0.2) is 0 Å². The summed E-state index contributed by atoms with van der Waals surface area (Å²) in [6, 6.07) is 13.6. The zero-order chi connectivity index (χ0) is 21.3. The molecule has 5 nitrogen and oxygen atoms in total. The fraction of sp³-hybridized carbons (Fsp3) is 0.400. The van der Waals surface area contributed by atoms with Gasteiger partial charge in [-0.3, -0.25) is 9.69 Å². The summed E-state index contributed by atoms with van der Waals surface area (Å²) >= 11 is 0. The van der Waals surface area contributed by atoms with Crippen molar-refractivity contribution < 1.29 is 19.4 Å². The minimum absolute atomic E-state index is 0.0135. The second-order valence-corrected chi connectivity index (χ2v) is 7.48. The molecule has 1 saturated heterocycles. The van der Waals surface area contributed by atoms with Crippen molar-refractivity contribution in [1.82, 2.24) is 4.90 Å². The van der Waals surface area contributed by atoms with Crippen LogP contribution in [0.15, 0.2) is 42.5 Å². The second-order valence-electron chi connectivity index (χ2n) is 7.48. The Morgan fingerprint density at radius 1 is 1.13 bits per heavy atom. The van der Waals surface area contributed by atoms with Crippen LogP contribution in [0, 0.1) is 17.8 Å². The van der Waals surface area contributed by atoms with E-state index in [1.165, 1.54) is 5.56 Å². The first-order valence-electron chi connectivity index (χ1n) is 10.3.